The number of rotatable bonds is 1. The number of phenolic OH excluding ortho intramolecular Hbond substituents is 2. The maximum Gasteiger partial charge on any atom is 0.138 e. The summed E-state index contributed by atoms with van der Waals surface area (Å²) in [4.78, 5) is 0. The van der Waals surface area contributed by atoms with Crippen LogP contribution in [0.1, 0.15) is 23.1 Å². The van der Waals surface area contributed by atoms with E-state index in [0.29, 0.717) is 23.9 Å². The van der Waals surface area contributed by atoms with E-state index in [-0.39, 0.29) is 23.5 Å². The number of fused-ring (bicyclic) bond motifs is 5. The fraction of sp³-hybridized carbons (Fsp3) is 0.250. The number of ether oxygens (including phenoxy) is 3. The van der Waals surface area contributed by atoms with E-state index >= 15 is 0 Å². The Kier molecular flexibility index (Phi) is 2.45. The van der Waals surface area contributed by atoms with Crippen molar-refractivity contribution in [2.75, 3.05) is 13.7 Å². The minimum atomic E-state index is -0.220. The largest absolute Gasteiger partial charge is 0.508 e. The van der Waals surface area contributed by atoms with Crippen LogP contribution in [0.4, 0.5) is 0 Å². The molecule has 0 bridgehead atoms. The summed E-state index contributed by atoms with van der Waals surface area (Å²) in [6, 6.07) is 8.34. The molecule has 0 radical (unpaired) electrons. The van der Waals surface area contributed by atoms with Gasteiger partial charge in [0.2, 0.25) is 0 Å². The quantitative estimate of drug-likeness (QED) is 0.843. The number of hydrogen-bond donors (Lipinski definition) is 2. The highest BCUT2D eigenvalue weighted by molar-refractivity contribution is 5.57. The average molecular weight is 286 g/mol. The smallest absolute Gasteiger partial charge is 0.138 e. The maximum absolute atomic E-state index is 10.2. The third kappa shape index (κ3) is 1.70. The molecule has 2 N–H and O–H groups in total. The van der Waals surface area contributed by atoms with Crippen molar-refractivity contribution in [3.05, 3.63) is 41.5 Å². The summed E-state index contributed by atoms with van der Waals surface area (Å²) >= 11 is 0. The van der Waals surface area contributed by atoms with Crippen LogP contribution >= 0.6 is 0 Å². The van der Waals surface area contributed by atoms with Crippen LogP contribution in [0.25, 0.3) is 0 Å². The topological polar surface area (TPSA) is 68.2 Å². The van der Waals surface area contributed by atoms with Crippen LogP contribution in [0.5, 0.6) is 28.7 Å². The molecule has 2 aromatic carbocycles. The number of hydrogen-bond acceptors (Lipinski definition) is 5. The van der Waals surface area contributed by atoms with Gasteiger partial charge in [-0.1, -0.05) is 0 Å². The van der Waals surface area contributed by atoms with Crippen LogP contribution in [-0.4, -0.2) is 23.9 Å². The second-order valence-corrected chi connectivity index (χ2v) is 5.24. The van der Waals surface area contributed by atoms with Gasteiger partial charge < -0.3 is 24.4 Å². The van der Waals surface area contributed by atoms with E-state index in [1.165, 1.54) is 0 Å². The predicted molar refractivity (Wildman–Crippen MR) is 74.4 cm³/mol. The Balaban J connectivity index is 1.82. The number of benzene rings is 2. The molecule has 0 fully saturated rings. The Bertz CT molecular complexity index is 725. The van der Waals surface area contributed by atoms with Gasteiger partial charge in [-0.15, -0.1) is 0 Å². The predicted octanol–water partition coefficient (Wildman–Crippen LogP) is 2.72. The summed E-state index contributed by atoms with van der Waals surface area (Å²) in [6.45, 7) is 0.397. The third-order valence-corrected chi connectivity index (χ3v) is 4.04. The highest BCUT2D eigenvalue weighted by atomic mass is 16.5. The monoisotopic (exact) mass is 286 g/mol. The Morgan fingerprint density at radius 3 is 2.81 bits per heavy atom. The second-order valence-electron chi connectivity index (χ2n) is 5.24. The first-order chi connectivity index (χ1) is 10.2. The Morgan fingerprint density at radius 1 is 1.14 bits per heavy atom. The molecule has 0 unspecified atom stereocenters. The van der Waals surface area contributed by atoms with Crippen LogP contribution in [0.2, 0.25) is 0 Å². The van der Waals surface area contributed by atoms with Crippen molar-refractivity contribution >= 4 is 0 Å². The Hall–Kier alpha value is -2.56. The van der Waals surface area contributed by atoms with Crippen molar-refractivity contribution in [2.24, 2.45) is 0 Å². The number of methoxy groups -OCH3 is 1. The van der Waals surface area contributed by atoms with Gasteiger partial charge >= 0.3 is 0 Å². The van der Waals surface area contributed by atoms with Crippen LogP contribution in [0.15, 0.2) is 30.3 Å². The molecule has 21 heavy (non-hydrogen) atoms. The van der Waals surface area contributed by atoms with Crippen molar-refractivity contribution in [1.82, 2.24) is 0 Å². The fourth-order valence-corrected chi connectivity index (χ4v) is 3.06. The molecule has 5 heteroatoms. The molecule has 2 aliphatic rings. The summed E-state index contributed by atoms with van der Waals surface area (Å²) in [5.41, 5.74) is 1.62. The van der Waals surface area contributed by atoms with Crippen LogP contribution in [0.3, 0.4) is 0 Å². The lowest BCUT2D eigenvalue weighted by atomic mass is 9.89. The van der Waals surface area contributed by atoms with Crippen molar-refractivity contribution in [3.8, 4) is 28.7 Å². The van der Waals surface area contributed by atoms with Gasteiger partial charge in [0.25, 0.3) is 0 Å². The maximum atomic E-state index is 10.2. The highest BCUT2D eigenvalue weighted by Gasteiger charge is 2.42. The van der Waals surface area contributed by atoms with E-state index in [1.807, 2.05) is 0 Å². The molecule has 108 valence electrons. The molecule has 2 atom stereocenters. The molecule has 0 saturated heterocycles. The van der Waals surface area contributed by atoms with Gasteiger partial charge in [0.15, 0.2) is 0 Å². The van der Waals surface area contributed by atoms with E-state index in [9.17, 15) is 10.2 Å². The zero-order valence-electron chi connectivity index (χ0n) is 11.4. The normalized spacial score (nSPS) is 21.6. The molecule has 0 aliphatic carbocycles. The van der Waals surface area contributed by atoms with Gasteiger partial charge in [-0.25, -0.2) is 0 Å². The summed E-state index contributed by atoms with van der Waals surface area (Å²) < 4.78 is 16.9. The molecule has 2 heterocycles. The van der Waals surface area contributed by atoms with Gasteiger partial charge in [-0.3, -0.25) is 0 Å². The zero-order chi connectivity index (χ0) is 14.6. The first kappa shape index (κ1) is 12.2. The molecule has 0 aromatic heterocycles. The first-order valence-corrected chi connectivity index (χ1v) is 6.70. The molecular weight excluding hydrogens is 272 g/mol. The first-order valence-electron chi connectivity index (χ1n) is 6.70. The van der Waals surface area contributed by atoms with E-state index in [4.69, 9.17) is 14.2 Å². The second kappa shape index (κ2) is 4.22. The van der Waals surface area contributed by atoms with Crippen LogP contribution < -0.4 is 14.2 Å². The van der Waals surface area contributed by atoms with E-state index in [1.54, 1.807) is 37.4 Å². The summed E-state index contributed by atoms with van der Waals surface area (Å²) in [7, 11) is 1.55. The van der Waals surface area contributed by atoms with E-state index in [0.717, 1.165) is 11.1 Å². The van der Waals surface area contributed by atoms with Crippen molar-refractivity contribution < 1.29 is 24.4 Å². The zero-order valence-corrected chi connectivity index (χ0v) is 11.4. The lowest BCUT2D eigenvalue weighted by Gasteiger charge is -2.27. The van der Waals surface area contributed by atoms with Gasteiger partial charge in [0.1, 0.15) is 34.9 Å². The van der Waals surface area contributed by atoms with E-state index < -0.39 is 0 Å². The standard InChI is InChI=1S/C16H14O5/c1-19-9-5-12(18)15-11-7-20-13-4-8(17)2-3-10(13)16(11)21-14(15)6-9/h2-6,11,16-18H,7H2,1H3/t11-,16-/m1/s1. The van der Waals surface area contributed by atoms with Gasteiger partial charge in [0, 0.05) is 29.3 Å². The summed E-state index contributed by atoms with van der Waals surface area (Å²) in [6.07, 6.45) is -0.220. The van der Waals surface area contributed by atoms with Gasteiger partial charge in [-0.2, -0.15) is 0 Å². The number of aromatic hydroxyl groups is 2. The minimum Gasteiger partial charge on any atom is -0.508 e. The molecule has 0 amide bonds. The lowest BCUT2D eigenvalue weighted by Crippen LogP contribution is -2.23. The molecule has 2 aromatic rings. The molecule has 4 rings (SSSR count). The fourth-order valence-electron chi connectivity index (χ4n) is 3.06. The average Bonchev–Trinajstić information content (AvgIpc) is 2.85. The van der Waals surface area contributed by atoms with Crippen molar-refractivity contribution in [1.29, 1.82) is 0 Å². The third-order valence-electron chi connectivity index (χ3n) is 4.04. The Morgan fingerprint density at radius 2 is 2.00 bits per heavy atom. The van der Waals surface area contributed by atoms with E-state index in [2.05, 4.69) is 0 Å². The molecule has 0 spiro atoms. The summed E-state index contributed by atoms with van der Waals surface area (Å²) in [5, 5.41) is 19.8. The summed E-state index contributed by atoms with van der Waals surface area (Å²) in [5.74, 6) is 2.04. The van der Waals surface area contributed by atoms with Gasteiger partial charge in [0.05, 0.1) is 19.6 Å². The minimum absolute atomic E-state index is 0.0667. The van der Waals surface area contributed by atoms with Gasteiger partial charge in [-0.05, 0) is 12.1 Å². The van der Waals surface area contributed by atoms with Crippen molar-refractivity contribution in [3.63, 3.8) is 0 Å². The molecule has 5 nitrogen and oxygen atoms in total. The SMILES string of the molecule is COc1cc(O)c2c(c1)O[C@@H]1c3ccc(O)cc3OC[C@H]21. The van der Waals surface area contributed by atoms with Crippen LogP contribution in [0, 0.1) is 0 Å². The van der Waals surface area contributed by atoms with Crippen molar-refractivity contribution in [2.45, 2.75) is 12.0 Å². The number of phenols is 2. The molecule has 2 aliphatic heterocycles. The lowest BCUT2D eigenvalue weighted by molar-refractivity contribution is 0.138. The molecule has 0 saturated carbocycles. The Labute approximate surface area is 121 Å². The highest BCUT2D eigenvalue weighted by Crippen LogP contribution is 2.55. The van der Waals surface area contributed by atoms with Crippen LogP contribution in [-0.2, 0) is 0 Å². The molecular formula is C16H14O5.